The van der Waals surface area contributed by atoms with E-state index in [4.69, 9.17) is 4.74 Å². The van der Waals surface area contributed by atoms with Gasteiger partial charge in [-0.2, -0.15) is 0 Å². The van der Waals surface area contributed by atoms with Crippen LogP contribution in [-0.2, 0) is 0 Å². The summed E-state index contributed by atoms with van der Waals surface area (Å²) in [4.78, 5) is 0. The zero-order valence-corrected chi connectivity index (χ0v) is 11.9. The van der Waals surface area contributed by atoms with Gasteiger partial charge in [0.2, 0.25) is 0 Å². The van der Waals surface area contributed by atoms with Crippen molar-refractivity contribution in [2.24, 2.45) is 0 Å². The standard InChI is InChI=1S/C15H15BrO2/c1-10-8-12(6-7-14(10)16)15(17)11-4-3-5-13(9-11)18-2/h3-9,15,17H,1-2H3. The number of hydrogen-bond acceptors (Lipinski definition) is 2. The molecule has 2 nitrogen and oxygen atoms in total. The molecule has 1 N–H and O–H groups in total. The molecular weight excluding hydrogens is 292 g/mol. The van der Waals surface area contributed by atoms with Crippen LogP contribution in [0.2, 0.25) is 0 Å². The highest BCUT2D eigenvalue weighted by Gasteiger charge is 2.11. The molecule has 0 bridgehead atoms. The van der Waals surface area contributed by atoms with Crippen LogP contribution in [0.5, 0.6) is 5.75 Å². The second-order valence-electron chi connectivity index (χ2n) is 4.19. The molecule has 2 aromatic rings. The number of aliphatic hydroxyl groups excluding tert-OH is 1. The number of hydrogen-bond donors (Lipinski definition) is 1. The van der Waals surface area contributed by atoms with E-state index in [1.165, 1.54) is 0 Å². The van der Waals surface area contributed by atoms with Crippen LogP contribution in [0, 0.1) is 6.92 Å². The molecule has 0 saturated heterocycles. The number of methoxy groups -OCH3 is 1. The van der Waals surface area contributed by atoms with E-state index < -0.39 is 6.10 Å². The summed E-state index contributed by atoms with van der Waals surface area (Å²) in [6, 6.07) is 13.3. The fourth-order valence-corrected chi connectivity index (χ4v) is 2.09. The smallest absolute Gasteiger partial charge is 0.119 e. The summed E-state index contributed by atoms with van der Waals surface area (Å²) in [5, 5.41) is 10.4. The Hall–Kier alpha value is -1.32. The number of aryl methyl sites for hydroxylation is 1. The van der Waals surface area contributed by atoms with E-state index in [9.17, 15) is 5.11 Å². The average molecular weight is 307 g/mol. The molecule has 0 amide bonds. The molecule has 0 aromatic heterocycles. The van der Waals surface area contributed by atoms with E-state index in [1.54, 1.807) is 7.11 Å². The monoisotopic (exact) mass is 306 g/mol. The van der Waals surface area contributed by atoms with Gasteiger partial charge in [0.05, 0.1) is 7.11 Å². The van der Waals surface area contributed by atoms with Crippen molar-refractivity contribution >= 4 is 15.9 Å². The van der Waals surface area contributed by atoms with Crippen LogP contribution in [0.3, 0.4) is 0 Å². The van der Waals surface area contributed by atoms with E-state index in [0.29, 0.717) is 0 Å². The maximum Gasteiger partial charge on any atom is 0.119 e. The lowest BCUT2D eigenvalue weighted by Crippen LogP contribution is -2.00. The summed E-state index contributed by atoms with van der Waals surface area (Å²) in [7, 11) is 1.62. The quantitative estimate of drug-likeness (QED) is 0.933. The van der Waals surface area contributed by atoms with Crippen molar-refractivity contribution < 1.29 is 9.84 Å². The molecule has 0 fully saturated rings. The van der Waals surface area contributed by atoms with Gasteiger partial charge in [0.1, 0.15) is 11.9 Å². The van der Waals surface area contributed by atoms with Crippen LogP contribution in [0.25, 0.3) is 0 Å². The van der Waals surface area contributed by atoms with Crippen molar-refractivity contribution in [3.05, 3.63) is 63.6 Å². The highest BCUT2D eigenvalue weighted by molar-refractivity contribution is 9.10. The maximum absolute atomic E-state index is 10.4. The van der Waals surface area contributed by atoms with Crippen molar-refractivity contribution in [1.82, 2.24) is 0 Å². The van der Waals surface area contributed by atoms with E-state index >= 15 is 0 Å². The SMILES string of the molecule is COc1cccc(C(O)c2ccc(Br)c(C)c2)c1. The summed E-state index contributed by atoms with van der Waals surface area (Å²) in [6.07, 6.45) is -0.633. The van der Waals surface area contributed by atoms with Crippen LogP contribution in [0.15, 0.2) is 46.9 Å². The molecule has 0 aliphatic carbocycles. The molecule has 0 saturated carbocycles. The third-order valence-corrected chi connectivity index (χ3v) is 3.80. The summed E-state index contributed by atoms with van der Waals surface area (Å²) in [5.41, 5.74) is 2.81. The predicted octanol–water partition coefficient (Wildman–Crippen LogP) is 3.85. The summed E-state index contributed by atoms with van der Waals surface area (Å²) < 4.78 is 6.21. The van der Waals surface area contributed by atoms with Crippen LogP contribution in [0.1, 0.15) is 22.8 Å². The second kappa shape index (κ2) is 5.55. The molecular formula is C15H15BrO2. The fraction of sp³-hybridized carbons (Fsp3) is 0.200. The molecule has 1 unspecified atom stereocenters. The average Bonchev–Trinajstić information content (AvgIpc) is 2.41. The molecule has 2 aromatic carbocycles. The number of ether oxygens (including phenoxy) is 1. The number of aliphatic hydroxyl groups is 1. The third-order valence-electron chi connectivity index (χ3n) is 2.91. The molecule has 0 heterocycles. The van der Waals surface area contributed by atoms with Gasteiger partial charge in [-0.1, -0.05) is 40.2 Å². The van der Waals surface area contributed by atoms with Gasteiger partial charge in [-0.15, -0.1) is 0 Å². The predicted molar refractivity (Wildman–Crippen MR) is 75.9 cm³/mol. The van der Waals surface area contributed by atoms with Gasteiger partial charge in [-0.05, 0) is 41.8 Å². The number of benzene rings is 2. The lowest BCUT2D eigenvalue weighted by Gasteiger charge is -2.13. The Morgan fingerprint density at radius 1 is 1.11 bits per heavy atom. The first-order chi connectivity index (χ1) is 8.61. The third kappa shape index (κ3) is 2.74. The Morgan fingerprint density at radius 3 is 2.50 bits per heavy atom. The van der Waals surface area contributed by atoms with Gasteiger partial charge < -0.3 is 9.84 Å². The molecule has 94 valence electrons. The van der Waals surface area contributed by atoms with E-state index in [2.05, 4.69) is 15.9 Å². The fourth-order valence-electron chi connectivity index (χ4n) is 1.84. The number of rotatable bonds is 3. The Bertz CT molecular complexity index is 552. The van der Waals surface area contributed by atoms with Crippen LogP contribution in [-0.4, -0.2) is 12.2 Å². The van der Waals surface area contributed by atoms with Crippen molar-refractivity contribution in [3.63, 3.8) is 0 Å². The zero-order valence-electron chi connectivity index (χ0n) is 10.4. The molecule has 18 heavy (non-hydrogen) atoms. The summed E-state index contributed by atoms with van der Waals surface area (Å²) >= 11 is 3.46. The Kier molecular flexibility index (Phi) is 4.04. The first kappa shape index (κ1) is 13.1. The second-order valence-corrected chi connectivity index (χ2v) is 5.04. The van der Waals surface area contributed by atoms with E-state index in [1.807, 2.05) is 49.4 Å². The summed E-state index contributed by atoms with van der Waals surface area (Å²) in [6.45, 7) is 2.01. The van der Waals surface area contributed by atoms with Gasteiger partial charge in [0, 0.05) is 4.47 Å². The van der Waals surface area contributed by atoms with Crippen molar-refractivity contribution in [2.75, 3.05) is 7.11 Å². The van der Waals surface area contributed by atoms with Gasteiger partial charge >= 0.3 is 0 Å². The minimum absolute atomic E-state index is 0.633. The molecule has 2 rings (SSSR count). The highest BCUT2D eigenvalue weighted by atomic mass is 79.9. The van der Waals surface area contributed by atoms with Crippen LogP contribution >= 0.6 is 15.9 Å². The summed E-state index contributed by atoms with van der Waals surface area (Å²) in [5.74, 6) is 0.750. The first-order valence-electron chi connectivity index (χ1n) is 5.70. The van der Waals surface area contributed by atoms with Crippen LogP contribution in [0.4, 0.5) is 0 Å². The molecule has 0 radical (unpaired) electrons. The van der Waals surface area contributed by atoms with Crippen LogP contribution < -0.4 is 4.74 Å². The number of halogens is 1. The molecule has 1 atom stereocenters. The molecule has 0 aliphatic heterocycles. The van der Waals surface area contributed by atoms with Crippen molar-refractivity contribution in [1.29, 1.82) is 0 Å². The van der Waals surface area contributed by atoms with E-state index in [-0.39, 0.29) is 0 Å². The Morgan fingerprint density at radius 2 is 1.83 bits per heavy atom. The minimum atomic E-state index is -0.633. The lowest BCUT2D eigenvalue weighted by molar-refractivity contribution is 0.219. The van der Waals surface area contributed by atoms with Gasteiger partial charge in [0.15, 0.2) is 0 Å². The first-order valence-corrected chi connectivity index (χ1v) is 6.49. The maximum atomic E-state index is 10.4. The normalized spacial score (nSPS) is 12.2. The molecule has 0 aliphatic rings. The highest BCUT2D eigenvalue weighted by Crippen LogP contribution is 2.27. The topological polar surface area (TPSA) is 29.5 Å². The minimum Gasteiger partial charge on any atom is -0.497 e. The van der Waals surface area contributed by atoms with Gasteiger partial charge in [-0.3, -0.25) is 0 Å². The van der Waals surface area contributed by atoms with Crippen molar-refractivity contribution in [3.8, 4) is 5.75 Å². The lowest BCUT2D eigenvalue weighted by atomic mass is 10.00. The Balaban J connectivity index is 2.34. The Labute approximate surface area is 115 Å². The molecule has 3 heteroatoms. The largest absolute Gasteiger partial charge is 0.497 e. The zero-order chi connectivity index (χ0) is 13.1. The van der Waals surface area contributed by atoms with Gasteiger partial charge in [-0.25, -0.2) is 0 Å². The van der Waals surface area contributed by atoms with Gasteiger partial charge in [0.25, 0.3) is 0 Å². The van der Waals surface area contributed by atoms with E-state index in [0.717, 1.165) is 26.9 Å². The van der Waals surface area contributed by atoms with Crippen molar-refractivity contribution in [2.45, 2.75) is 13.0 Å². The molecule has 0 spiro atoms.